The van der Waals surface area contributed by atoms with Gasteiger partial charge in [-0.2, -0.15) is 0 Å². The Hall–Kier alpha value is -3.02. The summed E-state index contributed by atoms with van der Waals surface area (Å²) in [7, 11) is 3.20. The lowest BCUT2D eigenvalue weighted by Gasteiger charge is -2.17. The van der Waals surface area contributed by atoms with Crippen LogP contribution in [0.5, 0.6) is 11.5 Å². The fraction of sp³-hybridized carbons (Fsp3) is 0.533. The number of unbranched alkanes of at least 4 members (excludes halogenated alkanes) is 8. The van der Waals surface area contributed by atoms with Crippen molar-refractivity contribution >= 4 is 16.9 Å². The minimum atomic E-state index is -0.191. The number of methoxy groups -OCH3 is 2. The standard InChI is InChI=1S/C30H43N3O3/c1-5-6-7-8-9-10-11-12-15-20-33-26-17-14-13-16-25(26)32-30(33)23(2)31-29(34)22-24-18-19-27(35-3)28(21-24)36-4/h13-14,16-19,21,23H,5-12,15,20,22H2,1-4H3,(H,31,34). The van der Waals surface area contributed by atoms with Crippen molar-refractivity contribution in [1.29, 1.82) is 0 Å². The van der Waals surface area contributed by atoms with E-state index in [4.69, 9.17) is 14.5 Å². The van der Waals surface area contributed by atoms with Crippen LogP contribution in [0.15, 0.2) is 42.5 Å². The zero-order valence-electron chi connectivity index (χ0n) is 22.5. The van der Waals surface area contributed by atoms with Crippen LogP contribution in [-0.4, -0.2) is 29.7 Å². The predicted molar refractivity (Wildman–Crippen MR) is 147 cm³/mol. The van der Waals surface area contributed by atoms with Crippen molar-refractivity contribution in [2.45, 2.75) is 90.6 Å². The number of para-hydroxylation sites is 2. The van der Waals surface area contributed by atoms with E-state index in [2.05, 4.69) is 28.9 Å². The SMILES string of the molecule is CCCCCCCCCCCn1c(C(C)NC(=O)Cc2ccc(OC)c(OC)c2)nc2ccccc21. The Morgan fingerprint density at radius 3 is 2.28 bits per heavy atom. The van der Waals surface area contributed by atoms with Crippen LogP contribution in [0.25, 0.3) is 11.0 Å². The number of imidazole rings is 1. The minimum absolute atomic E-state index is 0.0450. The predicted octanol–water partition coefficient (Wildman–Crippen LogP) is 7.00. The number of amides is 1. The summed E-state index contributed by atoms with van der Waals surface area (Å²) in [4.78, 5) is 17.8. The lowest BCUT2D eigenvalue weighted by atomic mass is 10.1. The van der Waals surface area contributed by atoms with E-state index in [1.165, 1.54) is 51.4 Å². The first-order valence-electron chi connectivity index (χ1n) is 13.5. The first-order chi connectivity index (χ1) is 17.6. The third-order valence-corrected chi connectivity index (χ3v) is 6.75. The van der Waals surface area contributed by atoms with Crippen LogP contribution in [0.1, 0.15) is 89.1 Å². The second-order valence-electron chi connectivity index (χ2n) is 9.59. The van der Waals surface area contributed by atoms with Crippen molar-refractivity contribution in [1.82, 2.24) is 14.9 Å². The Kier molecular flexibility index (Phi) is 11.1. The molecule has 1 heterocycles. The van der Waals surface area contributed by atoms with Gasteiger partial charge in [-0.15, -0.1) is 0 Å². The molecule has 0 aliphatic heterocycles. The molecule has 3 aromatic rings. The van der Waals surface area contributed by atoms with E-state index < -0.39 is 0 Å². The van der Waals surface area contributed by atoms with Crippen molar-refractivity contribution in [3.05, 3.63) is 53.9 Å². The molecule has 0 aliphatic carbocycles. The summed E-state index contributed by atoms with van der Waals surface area (Å²) < 4.78 is 13.0. The maximum Gasteiger partial charge on any atom is 0.224 e. The average molecular weight is 494 g/mol. The van der Waals surface area contributed by atoms with Crippen molar-refractivity contribution in [3.63, 3.8) is 0 Å². The van der Waals surface area contributed by atoms with Gasteiger partial charge in [0, 0.05) is 6.54 Å². The number of nitrogens with one attached hydrogen (secondary N) is 1. The van der Waals surface area contributed by atoms with Crippen LogP contribution in [0, 0.1) is 0 Å². The molecule has 1 N–H and O–H groups in total. The highest BCUT2D eigenvalue weighted by atomic mass is 16.5. The minimum Gasteiger partial charge on any atom is -0.493 e. The van der Waals surface area contributed by atoms with Gasteiger partial charge in [0.1, 0.15) is 5.82 Å². The summed E-state index contributed by atoms with van der Waals surface area (Å²) in [6.07, 6.45) is 12.0. The number of aryl methyl sites for hydroxylation is 1. The summed E-state index contributed by atoms with van der Waals surface area (Å²) in [5, 5.41) is 3.15. The van der Waals surface area contributed by atoms with Gasteiger partial charge >= 0.3 is 0 Å². The highest BCUT2D eigenvalue weighted by molar-refractivity contribution is 5.80. The molecule has 2 aromatic carbocycles. The van der Waals surface area contributed by atoms with Crippen LogP contribution >= 0.6 is 0 Å². The number of hydrogen-bond acceptors (Lipinski definition) is 4. The van der Waals surface area contributed by atoms with Gasteiger partial charge in [-0.1, -0.05) is 76.5 Å². The summed E-state index contributed by atoms with van der Waals surface area (Å²) in [6, 6.07) is 13.6. The van der Waals surface area contributed by atoms with Crippen molar-refractivity contribution < 1.29 is 14.3 Å². The van der Waals surface area contributed by atoms with Gasteiger partial charge in [-0.05, 0) is 43.2 Å². The highest BCUT2D eigenvalue weighted by Crippen LogP contribution is 2.28. The summed E-state index contributed by atoms with van der Waals surface area (Å²) in [5.41, 5.74) is 2.98. The topological polar surface area (TPSA) is 65.4 Å². The molecule has 6 nitrogen and oxygen atoms in total. The van der Waals surface area contributed by atoms with Gasteiger partial charge in [-0.3, -0.25) is 4.79 Å². The van der Waals surface area contributed by atoms with E-state index in [-0.39, 0.29) is 18.4 Å². The summed E-state index contributed by atoms with van der Waals surface area (Å²) in [6.45, 7) is 5.20. The number of hydrogen-bond donors (Lipinski definition) is 1. The van der Waals surface area contributed by atoms with Crippen LogP contribution in [0.3, 0.4) is 0 Å². The van der Waals surface area contributed by atoms with Crippen molar-refractivity contribution in [2.75, 3.05) is 14.2 Å². The Morgan fingerprint density at radius 2 is 1.58 bits per heavy atom. The molecule has 0 fully saturated rings. The number of benzene rings is 2. The first-order valence-corrected chi connectivity index (χ1v) is 13.5. The molecule has 1 amide bonds. The maximum absolute atomic E-state index is 12.9. The zero-order valence-corrected chi connectivity index (χ0v) is 22.5. The Labute approximate surface area is 216 Å². The lowest BCUT2D eigenvalue weighted by molar-refractivity contribution is -0.121. The van der Waals surface area contributed by atoms with E-state index in [1.54, 1.807) is 14.2 Å². The van der Waals surface area contributed by atoms with Crippen molar-refractivity contribution in [2.24, 2.45) is 0 Å². The van der Waals surface area contributed by atoms with E-state index in [9.17, 15) is 4.79 Å². The number of carbonyl (C=O) groups is 1. The second-order valence-corrected chi connectivity index (χ2v) is 9.59. The molecular weight excluding hydrogens is 450 g/mol. The summed E-state index contributed by atoms with van der Waals surface area (Å²) in [5.74, 6) is 2.15. The van der Waals surface area contributed by atoms with Crippen LogP contribution in [-0.2, 0) is 17.8 Å². The molecule has 3 rings (SSSR count). The second kappa shape index (κ2) is 14.5. The van der Waals surface area contributed by atoms with Gasteiger partial charge in [0.15, 0.2) is 11.5 Å². The lowest BCUT2D eigenvalue weighted by Crippen LogP contribution is -2.30. The molecule has 1 unspecified atom stereocenters. The number of rotatable bonds is 16. The smallest absolute Gasteiger partial charge is 0.224 e. The third-order valence-electron chi connectivity index (χ3n) is 6.75. The number of ether oxygens (including phenoxy) is 2. The molecule has 36 heavy (non-hydrogen) atoms. The molecule has 1 aromatic heterocycles. The molecule has 0 saturated carbocycles. The Bertz CT molecular complexity index is 1090. The first kappa shape index (κ1) is 27.6. The molecule has 196 valence electrons. The number of fused-ring (bicyclic) bond motifs is 1. The highest BCUT2D eigenvalue weighted by Gasteiger charge is 2.19. The molecule has 0 aliphatic rings. The monoisotopic (exact) mass is 493 g/mol. The van der Waals surface area contributed by atoms with Gasteiger partial charge in [0.2, 0.25) is 5.91 Å². The average Bonchev–Trinajstić information content (AvgIpc) is 3.26. The quantitative estimate of drug-likeness (QED) is 0.218. The normalized spacial score (nSPS) is 12.0. The Balaban J connectivity index is 1.59. The summed E-state index contributed by atoms with van der Waals surface area (Å²) >= 11 is 0. The van der Waals surface area contributed by atoms with Gasteiger partial charge < -0.3 is 19.4 Å². The number of aromatic nitrogens is 2. The van der Waals surface area contributed by atoms with Gasteiger partial charge in [-0.25, -0.2) is 4.98 Å². The number of nitrogens with zero attached hydrogens (tertiary/aromatic N) is 2. The molecule has 0 spiro atoms. The van der Waals surface area contributed by atoms with Gasteiger partial charge in [0.05, 0.1) is 37.7 Å². The number of carbonyl (C=O) groups excluding carboxylic acids is 1. The maximum atomic E-state index is 12.9. The molecule has 1 atom stereocenters. The zero-order chi connectivity index (χ0) is 25.8. The Morgan fingerprint density at radius 1 is 0.917 bits per heavy atom. The van der Waals surface area contributed by atoms with Crippen molar-refractivity contribution in [3.8, 4) is 11.5 Å². The van der Waals surface area contributed by atoms with E-state index in [0.29, 0.717) is 11.5 Å². The molecule has 6 heteroatoms. The molecule has 0 saturated heterocycles. The molecular formula is C30H43N3O3. The fourth-order valence-electron chi connectivity index (χ4n) is 4.77. The van der Waals surface area contributed by atoms with Crippen LogP contribution in [0.2, 0.25) is 0 Å². The largest absolute Gasteiger partial charge is 0.493 e. The fourth-order valence-corrected chi connectivity index (χ4v) is 4.77. The van der Waals surface area contributed by atoms with Crippen LogP contribution in [0.4, 0.5) is 0 Å². The van der Waals surface area contributed by atoms with Gasteiger partial charge in [0.25, 0.3) is 0 Å². The van der Waals surface area contributed by atoms with Crippen LogP contribution < -0.4 is 14.8 Å². The van der Waals surface area contributed by atoms with E-state index in [1.807, 2.05) is 37.3 Å². The third kappa shape index (κ3) is 7.74. The molecule has 0 radical (unpaired) electrons. The van der Waals surface area contributed by atoms with E-state index >= 15 is 0 Å². The molecule has 0 bridgehead atoms. The van der Waals surface area contributed by atoms with E-state index in [0.717, 1.165) is 35.4 Å².